The highest BCUT2D eigenvalue weighted by Gasteiger charge is 2.41. The lowest BCUT2D eigenvalue weighted by Gasteiger charge is -2.30. The molecule has 48 heavy (non-hydrogen) atoms. The fourth-order valence-electron chi connectivity index (χ4n) is 5.47. The number of thioether (sulfide) groups is 2. The molecule has 2 aliphatic heterocycles. The third kappa shape index (κ3) is 17.1. The van der Waals surface area contributed by atoms with Gasteiger partial charge in [0.05, 0.1) is 11.0 Å². The van der Waals surface area contributed by atoms with E-state index in [-0.39, 0.29) is 63.9 Å². The minimum Gasteiger partial charge on any atom is -0.369 e. The van der Waals surface area contributed by atoms with Crippen molar-refractivity contribution in [2.75, 3.05) is 76.2 Å². The van der Waals surface area contributed by atoms with Crippen LogP contribution in [0.2, 0.25) is 0 Å². The zero-order valence-corrected chi connectivity index (χ0v) is 32.3. The molecule has 274 valence electrons. The Morgan fingerprint density at radius 1 is 1.00 bits per heavy atom. The van der Waals surface area contributed by atoms with Crippen LogP contribution in [0.3, 0.4) is 0 Å². The van der Waals surface area contributed by atoms with Gasteiger partial charge >= 0.3 is 0 Å². The molecule has 2 heterocycles. The van der Waals surface area contributed by atoms with Gasteiger partial charge in [0.15, 0.2) is 0 Å². The Morgan fingerprint density at radius 2 is 1.73 bits per heavy atom. The molecule has 0 spiro atoms. The number of ketones is 2. The summed E-state index contributed by atoms with van der Waals surface area (Å²) in [5.41, 5.74) is 5.50. The summed E-state index contributed by atoms with van der Waals surface area (Å²) < 4.78 is -0.174. The number of Topliss-reactive ketones (excluding diaryl/α,β-unsaturated/α-hetero) is 2. The number of primary amides is 1. The van der Waals surface area contributed by atoms with E-state index in [0.717, 1.165) is 57.3 Å². The Hall–Kier alpha value is -1.30. The van der Waals surface area contributed by atoms with Gasteiger partial charge in [-0.1, -0.05) is 0 Å². The van der Waals surface area contributed by atoms with Crippen LogP contribution < -0.4 is 21.7 Å². The molecular weight excluding hydrogens is 693 g/mol. The van der Waals surface area contributed by atoms with E-state index >= 15 is 0 Å². The topological polar surface area (TPSA) is 171 Å². The largest absolute Gasteiger partial charge is 0.369 e. The van der Waals surface area contributed by atoms with E-state index in [2.05, 4.69) is 61.2 Å². The number of amides is 4. The van der Waals surface area contributed by atoms with Gasteiger partial charge < -0.3 is 26.6 Å². The number of rotatable bonds is 24. The zero-order chi connectivity index (χ0) is 35.9. The minimum absolute atomic E-state index is 0.00208. The zero-order valence-electron chi connectivity index (χ0n) is 28.9. The fourth-order valence-corrected chi connectivity index (χ4v) is 8.10. The molecule has 0 bridgehead atoms. The maximum atomic E-state index is 12.9. The highest BCUT2D eigenvalue weighted by Crippen LogP contribution is 2.30. The number of imide groups is 1. The maximum Gasteiger partial charge on any atom is 0.242 e. The second-order valence-corrected chi connectivity index (χ2v) is 18.5. The number of carbonyl (C=O) groups is 6. The number of unbranched alkanes of at least 4 members (excludes halogenated alkanes) is 1. The molecule has 0 radical (unpaired) electrons. The van der Waals surface area contributed by atoms with Gasteiger partial charge in [0, 0.05) is 98.5 Å². The average Bonchev–Trinajstić information content (AvgIpc) is 3.25. The summed E-state index contributed by atoms with van der Waals surface area (Å²) >= 11 is 11.7. The van der Waals surface area contributed by atoms with E-state index in [0.29, 0.717) is 37.6 Å². The van der Waals surface area contributed by atoms with Gasteiger partial charge in [-0.2, -0.15) is 37.0 Å². The number of likely N-dealkylation sites (tertiary alicyclic amines) is 1. The van der Waals surface area contributed by atoms with Gasteiger partial charge in [-0.3, -0.25) is 33.7 Å². The molecule has 2 aliphatic rings. The molecule has 2 saturated heterocycles. The normalized spacial score (nSPS) is 19.6. The maximum absolute atomic E-state index is 12.9. The van der Waals surface area contributed by atoms with E-state index < -0.39 is 23.0 Å². The molecule has 0 aromatic carbocycles. The molecule has 3 atom stereocenters. The molecule has 0 aromatic heterocycles. The van der Waals surface area contributed by atoms with Crippen molar-refractivity contribution >= 4 is 84.0 Å². The van der Waals surface area contributed by atoms with Crippen molar-refractivity contribution in [1.82, 2.24) is 25.8 Å². The third-order valence-corrected chi connectivity index (χ3v) is 10.6. The van der Waals surface area contributed by atoms with Crippen LogP contribution in [0.4, 0.5) is 0 Å². The van der Waals surface area contributed by atoms with Crippen molar-refractivity contribution in [2.45, 2.75) is 74.5 Å². The first kappa shape index (κ1) is 42.9. The first-order valence-electron chi connectivity index (χ1n) is 16.7. The molecule has 2 rings (SSSR count). The lowest BCUT2D eigenvalue weighted by Crippen LogP contribution is -2.41. The number of carbonyl (C=O) groups excluding carboxylic acids is 6. The molecule has 0 aliphatic carbocycles. The fraction of sp³-hybridized carbons (Fsp3) is 0.812. The summed E-state index contributed by atoms with van der Waals surface area (Å²) in [5.74, 6) is -2.68. The summed E-state index contributed by atoms with van der Waals surface area (Å²) in [6, 6.07) is 0. The van der Waals surface area contributed by atoms with Crippen molar-refractivity contribution in [1.29, 1.82) is 0 Å². The molecule has 4 amide bonds. The number of nitrogens with one attached hydrogen (secondary N) is 3. The molecule has 16 heteroatoms. The summed E-state index contributed by atoms with van der Waals surface area (Å²) in [7, 11) is 0. The summed E-state index contributed by atoms with van der Waals surface area (Å²) in [5, 5.41) is 8.83. The van der Waals surface area contributed by atoms with Crippen LogP contribution in [-0.4, -0.2) is 136 Å². The Kier molecular flexibility index (Phi) is 18.9. The van der Waals surface area contributed by atoms with E-state index in [9.17, 15) is 28.8 Å². The van der Waals surface area contributed by atoms with E-state index in [1.165, 1.54) is 16.7 Å². The Morgan fingerprint density at radius 3 is 2.38 bits per heavy atom. The second-order valence-electron chi connectivity index (χ2n) is 13.9. The minimum atomic E-state index is -1.11. The molecule has 3 unspecified atom stereocenters. The first-order chi connectivity index (χ1) is 22.5. The number of nitrogens with two attached hydrogens (primary N) is 1. The molecule has 12 nitrogen and oxygen atoms in total. The number of hydrogen-bond donors (Lipinski definition) is 6. The van der Waals surface area contributed by atoms with Crippen LogP contribution in [0.1, 0.15) is 59.8 Å². The average molecular weight is 749 g/mol. The summed E-state index contributed by atoms with van der Waals surface area (Å²) in [6.45, 7) is 14.2. The molecular formula is C32H56N6O6S4. The Bertz CT molecular complexity index is 1120. The smallest absolute Gasteiger partial charge is 0.242 e. The molecule has 5 N–H and O–H groups in total. The second kappa shape index (κ2) is 21.2. The van der Waals surface area contributed by atoms with Crippen LogP contribution in [0.5, 0.6) is 0 Å². The van der Waals surface area contributed by atoms with Gasteiger partial charge in [0.25, 0.3) is 0 Å². The van der Waals surface area contributed by atoms with Gasteiger partial charge in [-0.25, -0.2) is 0 Å². The van der Waals surface area contributed by atoms with Crippen LogP contribution in [0.15, 0.2) is 0 Å². The van der Waals surface area contributed by atoms with Crippen molar-refractivity contribution in [3.8, 4) is 0 Å². The van der Waals surface area contributed by atoms with Gasteiger partial charge in [-0.15, -0.1) is 11.8 Å². The van der Waals surface area contributed by atoms with Crippen LogP contribution in [0, 0.1) is 11.8 Å². The van der Waals surface area contributed by atoms with Crippen LogP contribution in [0.25, 0.3) is 0 Å². The first-order valence-corrected chi connectivity index (χ1v) is 19.8. The highest BCUT2D eigenvalue weighted by molar-refractivity contribution is 8.00. The number of thiol groups is 2. The number of hydrogen-bond acceptors (Lipinski definition) is 13. The van der Waals surface area contributed by atoms with Gasteiger partial charge in [0.1, 0.15) is 17.5 Å². The van der Waals surface area contributed by atoms with Crippen molar-refractivity contribution < 1.29 is 28.8 Å². The van der Waals surface area contributed by atoms with E-state index in [4.69, 9.17) is 18.4 Å². The third-order valence-electron chi connectivity index (χ3n) is 7.85. The van der Waals surface area contributed by atoms with Crippen LogP contribution in [-0.2, 0) is 28.8 Å². The molecule has 0 saturated carbocycles. The van der Waals surface area contributed by atoms with Gasteiger partial charge in [0.2, 0.25) is 23.6 Å². The van der Waals surface area contributed by atoms with Crippen LogP contribution >= 0.6 is 48.8 Å². The SMILES string of the molecule is CC(C)(S)CNCCN(CCCCC(=O)NCCNCCN1C(=O)CC(SCC(C(N)=O)C(=O)C2CSCC(=O)C2)C1=O)CC(C)(C)S. The molecule has 0 aromatic rings. The van der Waals surface area contributed by atoms with E-state index in [1.807, 2.05) is 0 Å². The Labute approximate surface area is 305 Å². The quantitative estimate of drug-likeness (QED) is 0.0361. The summed E-state index contributed by atoms with van der Waals surface area (Å²) in [6.07, 6.45) is 2.23. The highest BCUT2D eigenvalue weighted by atomic mass is 32.2. The lowest BCUT2D eigenvalue weighted by atomic mass is 9.91. The van der Waals surface area contributed by atoms with Crippen molar-refractivity contribution in [3.05, 3.63) is 0 Å². The number of nitrogens with zero attached hydrogens (tertiary/aromatic N) is 2. The monoisotopic (exact) mass is 748 g/mol. The van der Waals surface area contributed by atoms with Crippen molar-refractivity contribution in [2.24, 2.45) is 17.6 Å². The van der Waals surface area contributed by atoms with Crippen molar-refractivity contribution in [3.63, 3.8) is 0 Å². The summed E-state index contributed by atoms with van der Waals surface area (Å²) in [4.78, 5) is 78.0. The predicted octanol–water partition coefficient (Wildman–Crippen LogP) is 1.02. The lowest BCUT2D eigenvalue weighted by molar-refractivity contribution is -0.138. The standard InChI is InChI=1S/C32H56N6O6S4/c1-31(2,45)20-35-10-13-37(21-32(3,4)46)12-6-5-7-26(40)36-9-8-34-11-14-38-27(41)16-25(30(38)44)48-19-24(29(33)43)28(42)22-15-23(39)18-47-17-22/h22,24-25,34-35,45-46H,5-21H2,1-4H3,(H2,33,43)(H,36,40). The van der Waals surface area contributed by atoms with Gasteiger partial charge in [-0.05, 0) is 47.1 Å². The molecule has 2 fully saturated rings. The Balaban J connectivity index is 1.62. The van der Waals surface area contributed by atoms with E-state index in [1.54, 1.807) is 0 Å². The predicted molar refractivity (Wildman–Crippen MR) is 201 cm³/mol.